The molecule has 2 heterocycles. The van der Waals surface area contributed by atoms with Crippen molar-refractivity contribution in [2.75, 3.05) is 0 Å². The van der Waals surface area contributed by atoms with E-state index in [0.717, 1.165) is 5.52 Å². The summed E-state index contributed by atoms with van der Waals surface area (Å²) in [6.45, 7) is 6.20. The molecule has 0 saturated carbocycles. The van der Waals surface area contributed by atoms with E-state index in [-0.39, 0.29) is 0 Å². The summed E-state index contributed by atoms with van der Waals surface area (Å²) in [4.78, 5) is 7.97. The fourth-order valence-electron chi connectivity index (χ4n) is 1.34. The number of rotatable bonds is 0. The topological polar surface area (TPSA) is 30.7 Å². The molecular formula is C18H23N3. The van der Waals surface area contributed by atoms with E-state index in [1.54, 1.807) is 12.5 Å². The summed E-state index contributed by atoms with van der Waals surface area (Å²) in [6.07, 6.45) is 9.28. The van der Waals surface area contributed by atoms with Crippen LogP contribution in [-0.4, -0.2) is 14.5 Å². The third kappa shape index (κ3) is 7.06. The normalized spacial score (nSPS) is 8.95. The van der Waals surface area contributed by atoms with Gasteiger partial charge in [0.05, 0.1) is 11.8 Å². The Hall–Kier alpha value is -2.42. The number of hydrogen-bond donors (Lipinski definition) is 0. The van der Waals surface area contributed by atoms with E-state index in [0.29, 0.717) is 0 Å². The van der Waals surface area contributed by atoms with Crippen molar-refractivity contribution in [2.24, 2.45) is 7.05 Å². The molecule has 0 aliphatic heterocycles. The Morgan fingerprint density at radius 1 is 1.05 bits per heavy atom. The van der Waals surface area contributed by atoms with E-state index in [9.17, 15) is 0 Å². The molecule has 0 N–H and O–H groups in total. The highest BCUT2D eigenvalue weighted by atomic mass is 15.0. The number of imidazole rings is 1. The standard InChI is InChI=1S/C9H7N.C5H10.C4H6N2/c1-2-6-9-8(4-1)5-3-7-10-9;1-4-5(2)3;1-6-3-2-5-4-6/h1-7H;4H,1-3H3;2-4H,1H3. The third-order valence-corrected chi connectivity index (χ3v) is 2.73. The van der Waals surface area contributed by atoms with Crippen molar-refractivity contribution in [2.45, 2.75) is 20.8 Å². The zero-order valence-corrected chi connectivity index (χ0v) is 13.2. The minimum absolute atomic E-state index is 1.06. The van der Waals surface area contributed by atoms with Gasteiger partial charge in [0.1, 0.15) is 0 Å². The molecule has 21 heavy (non-hydrogen) atoms. The molecule has 0 radical (unpaired) electrons. The molecule has 3 nitrogen and oxygen atoms in total. The van der Waals surface area contributed by atoms with Crippen LogP contribution in [0.1, 0.15) is 20.8 Å². The average Bonchev–Trinajstić information content (AvgIpc) is 3.00. The number of pyridine rings is 1. The van der Waals surface area contributed by atoms with Crippen LogP contribution in [0.3, 0.4) is 0 Å². The first-order valence-corrected chi connectivity index (χ1v) is 6.94. The molecule has 0 atom stereocenters. The Morgan fingerprint density at radius 3 is 2.19 bits per heavy atom. The number of para-hydroxylation sites is 1. The van der Waals surface area contributed by atoms with E-state index < -0.39 is 0 Å². The second kappa shape index (κ2) is 9.48. The summed E-state index contributed by atoms with van der Waals surface area (Å²) in [5.41, 5.74) is 2.44. The fourth-order valence-corrected chi connectivity index (χ4v) is 1.34. The zero-order valence-electron chi connectivity index (χ0n) is 13.2. The first-order valence-electron chi connectivity index (χ1n) is 6.94. The molecule has 0 aliphatic rings. The molecule has 0 spiro atoms. The van der Waals surface area contributed by atoms with Crippen molar-refractivity contribution >= 4 is 10.9 Å². The van der Waals surface area contributed by atoms with Crippen LogP contribution in [0, 0.1) is 0 Å². The van der Waals surface area contributed by atoms with Gasteiger partial charge in [-0.15, -0.1) is 0 Å². The molecule has 3 rings (SSSR count). The lowest BCUT2D eigenvalue weighted by Gasteiger charge is -1.91. The van der Waals surface area contributed by atoms with Crippen molar-refractivity contribution in [3.05, 3.63) is 73.0 Å². The van der Waals surface area contributed by atoms with Crippen LogP contribution in [0.15, 0.2) is 73.0 Å². The number of allylic oxidation sites excluding steroid dienone is 2. The maximum Gasteiger partial charge on any atom is 0.0943 e. The van der Waals surface area contributed by atoms with Gasteiger partial charge in [-0.3, -0.25) is 4.98 Å². The number of hydrogen-bond acceptors (Lipinski definition) is 2. The van der Waals surface area contributed by atoms with E-state index in [4.69, 9.17) is 0 Å². The van der Waals surface area contributed by atoms with Crippen molar-refractivity contribution in [3.63, 3.8) is 0 Å². The lowest BCUT2D eigenvalue weighted by atomic mass is 10.2. The molecule has 0 amide bonds. The van der Waals surface area contributed by atoms with Gasteiger partial charge in [0.15, 0.2) is 0 Å². The fraction of sp³-hybridized carbons (Fsp3) is 0.222. The number of nitrogens with zero attached hydrogens (tertiary/aromatic N) is 3. The van der Waals surface area contributed by atoms with Gasteiger partial charge in [-0.25, -0.2) is 4.98 Å². The largest absolute Gasteiger partial charge is 0.341 e. The summed E-state index contributed by atoms with van der Waals surface area (Å²) in [5.74, 6) is 0. The number of fused-ring (bicyclic) bond motifs is 1. The molecule has 0 bridgehead atoms. The van der Waals surface area contributed by atoms with Crippen molar-refractivity contribution in [3.8, 4) is 0 Å². The second-order valence-corrected chi connectivity index (χ2v) is 4.79. The van der Waals surface area contributed by atoms with Gasteiger partial charge in [-0.2, -0.15) is 0 Å². The molecule has 3 aromatic rings. The highest BCUT2D eigenvalue weighted by Crippen LogP contribution is 2.07. The molecule has 0 fully saturated rings. The predicted molar refractivity (Wildman–Crippen MR) is 90.1 cm³/mol. The summed E-state index contributed by atoms with van der Waals surface area (Å²) in [5, 5.41) is 1.20. The van der Waals surface area contributed by atoms with Gasteiger partial charge >= 0.3 is 0 Å². The van der Waals surface area contributed by atoms with Crippen molar-refractivity contribution in [1.29, 1.82) is 0 Å². The van der Waals surface area contributed by atoms with Crippen LogP contribution in [0.25, 0.3) is 10.9 Å². The zero-order chi connectivity index (χ0) is 15.5. The maximum absolute atomic E-state index is 4.18. The van der Waals surface area contributed by atoms with E-state index in [1.165, 1.54) is 11.0 Å². The summed E-state index contributed by atoms with van der Waals surface area (Å²) in [7, 11) is 1.94. The van der Waals surface area contributed by atoms with Crippen molar-refractivity contribution in [1.82, 2.24) is 14.5 Å². The highest BCUT2D eigenvalue weighted by molar-refractivity contribution is 5.77. The first-order chi connectivity index (χ1) is 10.1. The molecule has 0 aliphatic carbocycles. The van der Waals surface area contributed by atoms with Gasteiger partial charge < -0.3 is 4.57 Å². The first kappa shape index (κ1) is 16.6. The van der Waals surface area contributed by atoms with Gasteiger partial charge in [-0.05, 0) is 32.9 Å². The van der Waals surface area contributed by atoms with Crippen LogP contribution in [0.5, 0.6) is 0 Å². The van der Waals surface area contributed by atoms with Crippen LogP contribution in [-0.2, 0) is 7.05 Å². The lowest BCUT2D eigenvalue weighted by molar-refractivity contribution is 0.913. The van der Waals surface area contributed by atoms with Crippen molar-refractivity contribution < 1.29 is 0 Å². The van der Waals surface area contributed by atoms with Gasteiger partial charge in [-0.1, -0.05) is 35.9 Å². The summed E-state index contributed by atoms with van der Waals surface area (Å²) >= 11 is 0. The Kier molecular flexibility index (Phi) is 7.51. The molecule has 0 unspecified atom stereocenters. The Labute approximate surface area is 127 Å². The van der Waals surface area contributed by atoms with Crippen LogP contribution < -0.4 is 0 Å². The number of aryl methyl sites for hydroxylation is 1. The molecular weight excluding hydrogens is 258 g/mol. The summed E-state index contributed by atoms with van der Waals surface area (Å²) in [6, 6.07) is 12.1. The quantitative estimate of drug-likeness (QED) is 0.563. The highest BCUT2D eigenvalue weighted by Gasteiger charge is 1.86. The molecule has 2 aromatic heterocycles. The van der Waals surface area contributed by atoms with Crippen LogP contribution >= 0.6 is 0 Å². The number of benzene rings is 1. The SMILES string of the molecule is CC=C(C)C.Cn1ccnc1.c1ccc2ncccc2c1. The summed E-state index contributed by atoms with van der Waals surface area (Å²) < 4.78 is 1.89. The second-order valence-electron chi connectivity index (χ2n) is 4.79. The third-order valence-electron chi connectivity index (χ3n) is 2.73. The van der Waals surface area contributed by atoms with Gasteiger partial charge in [0.2, 0.25) is 0 Å². The number of aromatic nitrogens is 3. The molecule has 0 saturated heterocycles. The van der Waals surface area contributed by atoms with E-state index in [2.05, 4.69) is 42.0 Å². The van der Waals surface area contributed by atoms with Crippen LogP contribution in [0.4, 0.5) is 0 Å². The lowest BCUT2D eigenvalue weighted by Crippen LogP contribution is -1.76. The predicted octanol–water partition coefficient (Wildman–Crippen LogP) is 4.63. The Bertz CT molecular complexity index is 586. The van der Waals surface area contributed by atoms with E-state index in [1.807, 2.05) is 55.2 Å². The van der Waals surface area contributed by atoms with Gasteiger partial charge in [0, 0.05) is 31.0 Å². The molecule has 3 heteroatoms. The van der Waals surface area contributed by atoms with Gasteiger partial charge in [0.25, 0.3) is 0 Å². The minimum Gasteiger partial charge on any atom is -0.341 e. The molecule has 110 valence electrons. The Balaban J connectivity index is 0.000000173. The maximum atomic E-state index is 4.18. The van der Waals surface area contributed by atoms with E-state index >= 15 is 0 Å². The molecule has 1 aromatic carbocycles. The van der Waals surface area contributed by atoms with Crippen LogP contribution in [0.2, 0.25) is 0 Å². The minimum atomic E-state index is 1.06. The monoisotopic (exact) mass is 281 g/mol. The smallest absolute Gasteiger partial charge is 0.0943 e. The Morgan fingerprint density at radius 2 is 1.71 bits per heavy atom. The average molecular weight is 281 g/mol.